The minimum atomic E-state index is -0.267. The molecule has 8 nitrogen and oxygen atoms in total. The average molecular weight is 503 g/mol. The summed E-state index contributed by atoms with van der Waals surface area (Å²) in [6.45, 7) is 0.985. The van der Waals surface area contributed by atoms with Crippen molar-refractivity contribution in [1.82, 2.24) is 10.2 Å². The van der Waals surface area contributed by atoms with Gasteiger partial charge in [-0.3, -0.25) is 4.79 Å². The van der Waals surface area contributed by atoms with E-state index in [-0.39, 0.29) is 18.0 Å². The average Bonchev–Trinajstić information content (AvgIpc) is 2.87. The number of nitrogen functional groups attached to an aromatic ring is 1. The van der Waals surface area contributed by atoms with Crippen LogP contribution >= 0.6 is 0 Å². The fraction of sp³-hybridized carbons (Fsp3) is 0.310. The van der Waals surface area contributed by atoms with Gasteiger partial charge in [-0.25, -0.2) is 4.79 Å². The molecule has 3 amide bonds. The maximum Gasteiger partial charge on any atom is 0.319 e. The number of hydrogen-bond donors (Lipinski definition) is 4. The number of nitrogens with zero attached hydrogens (tertiary/aromatic N) is 2. The van der Waals surface area contributed by atoms with E-state index in [1.807, 2.05) is 67.5 Å². The molecule has 196 valence electrons. The minimum Gasteiger partial charge on any atom is -0.397 e. The van der Waals surface area contributed by atoms with Gasteiger partial charge in [0, 0.05) is 31.0 Å². The SMILES string of the molecule is CN(C)CCCCC(NC(=O)Nc1ccc(N(C)C)cc1)c1ccc(C(=O)Nc2ccccc2N)cc1. The summed E-state index contributed by atoms with van der Waals surface area (Å²) in [5.41, 5.74) is 10.3. The van der Waals surface area contributed by atoms with Crippen molar-refractivity contribution in [2.24, 2.45) is 0 Å². The van der Waals surface area contributed by atoms with Crippen LogP contribution in [0, 0.1) is 0 Å². The summed E-state index contributed by atoms with van der Waals surface area (Å²) in [6.07, 6.45) is 2.76. The van der Waals surface area contributed by atoms with Gasteiger partial charge in [0.1, 0.15) is 0 Å². The van der Waals surface area contributed by atoms with E-state index < -0.39 is 0 Å². The lowest BCUT2D eigenvalue weighted by molar-refractivity contribution is 0.102. The van der Waals surface area contributed by atoms with Crippen LogP contribution in [0.2, 0.25) is 0 Å². The Labute approximate surface area is 219 Å². The molecule has 0 aliphatic carbocycles. The Kier molecular flexibility index (Phi) is 9.92. The second kappa shape index (κ2) is 13.3. The molecule has 1 unspecified atom stereocenters. The lowest BCUT2D eigenvalue weighted by Crippen LogP contribution is -2.32. The van der Waals surface area contributed by atoms with Gasteiger partial charge in [-0.15, -0.1) is 0 Å². The molecule has 0 fully saturated rings. The highest BCUT2D eigenvalue weighted by Gasteiger charge is 2.16. The van der Waals surface area contributed by atoms with Crippen LogP contribution in [-0.2, 0) is 0 Å². The molecular formula is C29H38N6O2. The molecule has 0 aliphatic rings. The summed E-state index contributed by atoms with van der Waals surface area (Å²) in [5.74, 6) is -0.237. The first-order chi connectivity index (χ1) is 17.7. The van der Waals surface area contributed by atoms with Crippen molar-refractivity contribution in [3.8, 4) is 0 Å². The van der Waals surface area contributed by atoms with Gasteiger partial charge in [0.25, 0.3) is 5.91 Å². The zero-order chi connectivity index (χ0) is 26.8. The predicted octanol–water partition coefficient (Wildman–Crippen LogP) is 5.18. The third-order valence-corrected chi connectivity index (χ3v) is 6.08. The summed E-state index contributed by atoms with van der Waals surface area (Å²) in [4.78, 5) is 29.7. The van der Waals surface area contributed by atoms with Gasteiger partial charge in [-0.2, -0.15) is 0 Å². The molecule has 0 bridgehead atoms. The van der Waals surface area contributed by atoms with Gasteiger partial charge in [0.15, 0.2) is 0 Å². The van der Waals surface area contributed by atoms with Crippen LogP contribution in [0.25, 0.3) is 0 Å². The highest BCUT2D eigenvalue weighted by molar-refractivity contribution is 6.05. The third kappa shape index (κ3) is 8.54. The number of carbonyl (C=O) groups is 2. The first kappa shape index (κ1) is 27.5. The first-order valence-corrected chi connectivity index (χ1v) is 12.5. The molecular weight excluding hydrogens is 464 g/mol. The summed E-state index contributed by atoms with van der Waals surface area (Å²) in [7, 11) is 8.05. The fourth-order valence-corrected chi connectivity index (χ4v) is 3.94. The number of urea groups is 1. The maximum atomic E-state index is 12.8. The zero-order valence-corrected chi connectivity index (χ0v) is 22.1. The predicted molar refractivity (Wildman–Crippen MR) is 153 cm³/mol. The minimum absolute atomic E-state index is 0.190. The van der Waals surface area contributed by atoms with Crippen LogP contribution < -0.4 is 26.6 Å². The number of unbranched alkanes of at least 4 members (excludes halogenated alkanes) is 1. The van der Waals surface area contributed by atoms with Crippen LogP contribution in [-0.4, -0.2) is 51.6 Å². The van der Waals surface area contributed by atoms with Gasteiger partial charge >= 0.3 is 6.03 Å². The molecule has 37 heavy (non-hydrogen) atoms. The van der Waals surface area contributed by atoms with Gasteiger partial charge in [0.2, 0.25) is 0 Å². The molecule has 0 saturated carbocycles. The lowest BCUT2D eigenvalue weighted by atomic mass is 9.99. The molecule has 1 atom stereocenters. The highest BCUT2D eigenvalue weighted by Crippen LogP contribution is 2.23. The number of amides is 3. The number of carbonyl (C=O) groups excluding carboxylic acids is 2. The Morgan fingerprint density at radius 1 is 0.838 bits per heavy atom. The molecule has 0 saturated heterocycles. The summed E-state index contributed by atoms with van der Waals surface area (Å²) >= 11 is 0. The van der Waals surface area contributed by atoms with Crippen LogP contribution in [0.15, 0.2) is 72.8 Å². The number of hydrogen-bond acceptors (Lipinski definition) is 5. The standard InChI is InChI=1S/C29H38N6O2/c1-34(2)20-8-7-10-26(33-29(37)31-23-16-18-24(19-17-23)35(3)4)21-12-14-22(15-13-21)28(36)32-27-11-6-5-9-25(27)30/h5-6,9,11-19,26H,7-8,10,20,30H2,1-4H3,(H,32,36)(H2,31,33,37). The summed E-state index contributed by atoms with van der Waals surface area (Å²) in [6, 6.07) is 21.7. The second-order valence-corrected chi connectivity index (χ2v) is 9.55. The van der Waals surface area contributed by atoms with E-state index in [1.54, 1.807) is 24.3 Å². The number of rotatable bonds is 11. The Balaban J connectivity index is 1.68. The fourth-order valence-electron chi connectivity index (χ4n) is 3.94. The van der Waals surface area contributed by atoms with Crippen molar-refractivity contribution in [3.05, 3.63) is 83.9 Å². The smallest absolute Gasteiger partial charge is 0.319 e. The third-order valence-electron chi connectivity index (χ3n) is 6.08. The monoisotopic (exact) mass is 502 g/mol. The molecule has 8 heteroatoms. The first-order valence-electron chi connectivity index (χ1n) is 12.5. The molecule has 3 aromatic rings. The van der Waals surface area contributed by atoms with E-state index in [1.165, 1.54) is 0 Å². The molecule has 0 aliphatic heterocycles. The van der Waals surface area contributed by atoms with Crippen molar-refractivity contribution < 1.29 is 9.59 Å². The number of para-hydroxylation sites is 2. The van der Waals surface area contributed by atoms with Crippen LogP contribution in [0.1, 0.15) is 41.2 Å². The highest BCUT2D eigenvalue weighted by atomic mass is 16.2. The van der Waals surface area contributed by atoms with Gasteiger partial charge in [-0.05, 0) is 94.0 Å². The quantitative estimate of drug-likeness (QED) is 0.214. The lowest BCUT2D eigenvalue weighted by Gasteiger charge is -2.21. The van der Waals surface area contributed by atoms with Crippen LogP contribution in [0.3, 0.4) is 0 Å². The van der Waals surface area contributed by atoms with Crippen molar-refractivity contribution in [2.45, 2.75) is 25.3 Å². The Morgan fingerprint density at radius 3 is 2.14 bits per heavy atom. The normalized spacial score (nSPS) is 11.6. The molecule has 0 heterocycles. The van der Waals surface area contributed by atoms with Gasteiger partial charge < -0.3 is 31.5 Å². The molecule has 0 radical (unpaired) electrons. The van der Waals surface area contributed by atoms with Crippen LogP contribution in [0.4, 0.5) is 27.5 Å². The van der Waals surface area contributed by atoms with Crippen molar-refractivity contribution in [1.29, 1.82) is 0 Å². The van der Waals surface area contributed by atoms with Gasteiger partial charge in [-0.1, -0.05) is 24.3 Å². The van der Waals surface area contributed by atoms with E-state index in [0.29, 0.717) is 16.9 Å². The Bertz CT molecular complexity index is 1160. The van der Waals surface area contributed by atoms with E-state index in [2.05, 4.69) is 34.9 Å². The molecule has 0 aromatic heterocycles. The molecule has 3 rings (SSSR count). The number of nitrogens with two attached hydrogens (primary N) is 1. The van der Waals surface area contributed by atoms with E-state index >= 15 is 0 Å². The second-order valence-electron chi connectivity index (χ2n) is 9.55. The number of anilines is 4. The Hall–Kier alpha value is -4.04. The van der Waals surface area contributed by atoms with E-state index in [9.17, 15) is 9.59 Å². The topological polar surface area (TPSA) is 103 Å². The van der Waals surface area contributed by atoms with E-state index in [4.69, 9.17) is 5.73 Å². The van der Waals surface area contributed by atoms with Crippen molar-refractivity contribution in [3.63, 3.8) is 0 Å². The number of benzene rings is 3. The van der Waals surface area contributed by atoms with Gasteiger partial charge in [0.05, 0.1) is 17.4 Å². The van der Waals surface area contributed by atoms with Crippen molar-refractivity contribution >= 4 is 34.7 Å². The summed E-state index contributed by atoms with van der Waals surface area (Å²) in [5, 5.41) is 8.89. The summed E-state index contributed by atoms with van der Waals surface area (Å²) < 4.78 is 0. The van der Waals surface area contributed by atoms with E-state index in [0.717, 1.165) is 42.7 Å². The maximum absolute atomic E-state index is 12.8. The zero-order valence-electron chi connectivity index (χ0n) is 22.1. The molecule has 0 spiro atoms. The van der Waals surface area contributed by atoms with Crippen molar-refractivity contribution in [2.75, 3.05) is 56.0 Å². The molecule has 5 N–H and O–H groups in total. The number of nitrogens with one attached hydrogen (secondary N) is 3. The largest absolute Gasteiger partial charge is 0.397 e. The molecule has 3 aromatic carbocycles. The van der Waals surface area contributed by atoms with Crippen LogP contribution in [0.5, 0.6) is 0 Å². The Morgan fingerprint density at radius 2 is 1.51 bits per heavy atom.